The highest BCUT2D eigenvalue weighted by molar-refractivity contribution is 7.11. The second kappa shape index (κ2) is 9.88. The molecule has 0 unspecified atom stereocenters. The Balaban J connectivity index is 1.56. The Morgan fingerprint density at radius 3 is 2.59 bits per heavy atom. The van der Waals surface area contributed by atoms with Gasteiger partial charge < -0.3 is 20.4 Å². The van der Waals surface area contributed by atoms with Gasteiger partial charge in [-0.25, -0.2) is 9.98 Å². The fourth-order valence-electron chi connectivity index (χ4n) is 2.58. The largest absolute Gasteiger partial charge is 0.459 e. The molecule has 152 valence electrons. The lowest BCUT2D eigenvalue weighted by Crippen LogP contribution is -2.36. The lowest BCUT2D eigenvalue weighted by Gasteiger charge is -2.10. The number of amides is 1. The van der Waals surface area contributed by atoms with E-state index in [4.69, 9.17) is 4.42 Å². The highest BCUT2D eigenvalue weighted by Gasteiger charge is 2.08. The number of thiazole rings is 1. The van der Waals surface area contributed by atoms with Crippen molar-refractivity contribution < 1.29 is 9.21 Å². The molecule has 3 aromatic rings. The van der Waals surface area contributed by atoms with Gasteiger partial charge in [-0.3, -0.25) is 4.79 Å². The molecule has 0 atom stereocenters. The average Bonchev–Trinajstić information content (AvgIpc) is 3.35. The van der Waals surface area contributed by atoms with E-state index in [1.165, 1.54) is 11.1 Å². The number of hydrogen-bond donors (Lipinski definition) is 3. The Morgan fingerprint density at radius 1 is 1.17 bits per heavy atom. The van der Waals surface area contributed by atoms with Crippen molar-refractivity contribution in [1.82, 2.24) is 15.6 Å². The molecule has 0 aliphatic carbocycles. The van der Waals surface area contributed by atoms with Crippen LogP contribution in [0, 0.1) is 13.8 Å². The minimum Gasteiger partial charge on any atom is -0.459 e. The summed E-state index contributed by atoms with van der Waals surface area (Å²) in [6.07, 6.45) is 1.48. The molecule has 0 radical (unpaired) electrons. The van der Waals surface area contributed by atoms with Crippen molar-refractivity contribution in [2.75, 3.05) is 11.9 Å². The number of carbonyl (C=O) groups is 1. The lowest BCUT2D eigenvalue weighted by atomic mass is 10.2. The van der Waals surface area contributed by atoms with Gasteiger partial charge in [0.2, 0.25) is 0 Å². The van der Waals surface area contributed by atoms with Crippen molar-refractivity contribution >= 4 is 28.9 Å². The van der Waals surface area contributed by atoms with Crippen LogP contribution >= 0.6 is 11.3 Å². The average molecular weight is 412 g/mol. The summed E-state index contributed by atoms with van der Waals surface area (Å²) in [6, 6.07) is 10.9. The van der Waals surface area contributed by atoms with Gasteiger partial charge in [0.15, 0.2) is 11.7 Å². The topological polar surface area (TPSA) is 91.5 Å². The van der Waals surface area contributed by atoms with Crippen molar-refractivity contribution in [3.63, 3.8) is 0 Å². The molecule has 29 heavy (non-hydrogen) atoms. The zero-order valence-electron chi connectivity index (χ0n) is 16.8. The first-order valence-electron chi connectivity index (χ1n) is 9.44. The molecule has 0 saturated carbocycles. The van der Waals surface area contributed by atoms with Crippen molar-refractivity contribution in [2.24, 2.45) is 4.99 Å². The van der Waals surface area contributed by atoms with Gasteiger partial charge in [0.05, 0.1) is 25.0 Å². The van der Waals surface area contributed by atoms with Crippen LogP contribution in [0.5, 0.6) is 0 Å². The maximum absolute atomic E-state index is 12.0. The molecule has 0 fully saturated rings. The van der Waals surface area contributed by atoms with Crippen LogP contribution in [0.2, 0.25) is 0 Å². The lowest BCUT2D eigenvalue weighted by molar-refractivity contribution is 0.0996. The summed E-state index contributed by atoms with van der Waals surface area (Å²) in [5, 5.41) is 10.4. The minimum atomic E-state index is -0.271. The molecular formula is C21H25N5O2S. The normalized spacial score (nSPS) is 11.3. The maximum Gasteiger partial charge on any atom is 0.291 e. The predicted molar refractivity (Wildman–Crippen MR) is 116 cm³/mol. The molecule has 3 N–H and O–H groups in total. The van der Waals surface area contributed by atoms with E-state index in [0.717, 1.165) is 28.8 Å². The highest BCUT2D eigenvalue weighted by Crippen LogP contribution is 2.16. The van der Waals surface area contributed by atoms with Gasteiger partial charge in [-0.15, -0.1) is 11.3 Å². The molecule has 1 aromatic carbocycles. The number of aromatic nitrogens is 1. The van der Waals surface area contributed by atoms with Gasteiger partial charge in [-0.2, -0.15) is 0 Å². The van der Waals surface area contributed by atoms with Crippen LogP contribution in [-0.4, -0.2) is 23.4 Å². The van der Waals surface area contributed by atoms with Crippen LogP contribution in [0.3, 0.4) is 0 Å². The van der Waals surface area contributed by atoms with E-state index in [1.807, 2.05) is 38.1 Å². The van der Waals surface area contributed by atoms with Crippen LogP contribution in [0.4, 0.5) is 5.69 Å². The second-order valence-corrected chi connectivity index (χ2v) is 7.71. The molecule has 8 heteroatoms. The summed E-state index contributed by atoms with van der Waals surface area (Å²) in [7, 11) is 0. The molecule has 1 amide bonds. The van der Waals surface area contributed by atoms with Crippen LogP contribution in [0.1, 0.15) is 38.6 Å². The molecule has 0 saturated heterocycles. The van der Waals surface area contributed by atoms with Crippen molar-refractivity contribution in [2.45, 2.75) is 33.9 Å². The number of nitrogens with one attached hydrogen (secondary N) is 3. The van der Waals surface area contributed by atoms with E-state index in [0.29, 0.717) is 18.8 Å². The Bertz CT molecular complexity index is 942. The van der Waals surface area contributed by atoms with Crippen molar-refractivity contribution in [3.05, 3.63) is 69.6 Å². The minimum absolute atomic E-state index is 0.271. The number of guanidine groups is 1. The molecule has 0 aliphatic rings. The molecule has 3 rings (SSSR count). The van der Waals surface area contributed by atoms with E-state index < -0.39 is 0 Å². The summed E-state index contributed by atoms with van der Waals surface area (Å²) < 4.78 is 5.09. The van der Waals surface area contributed by atoms with E-state index in [-0.39, 0.29) is 11.7 Å². The number of benzene rings is 1. The second-order valence-electron chi connectivity index (χ2n) is 6.43. The zero-order chi connectivity index (χ0) is 20.6. The Labute approximate surface area is 174 Å². The molecule has 0 bridgehead atoms. The number of anilines is 1. The molecule has 2 heterocycles. The van der Waals surface area contributed by atoms with E-state index >= 15 is 0 Å². The summed E-state index contributed by atoms with van der Waals surface area (Å²) in [5.74, 6) is 0.755. The first-order chi connectivity index (χ1) is 14.0. The maximum atomic E-state index is 12.0. The molecule has 0 spiro atoms. The number of aliphatic imine (C=N–C) groups is 1. The quantitative estimate of drug-likeness (QED) is 0.406. The van der Waals surface area contributed by atoms with Crippen molar-refractivity contribution in [3.8, 4) is 0 Å². The summed E-state index contributed by atoms with van der Waals surface area (Å²) in [5.41, 5.74) is 2.82. The smallest absolute Gasteiger partial charge is 0.291 e. The molecular weight excluding hydrogens is 386 g/mol. The van der Waals surface area contributed by atoms with Crippen LogP contribution < -0.4 is 16.0 Å². The number of furan rings is 1. The number of hydrogen-bond acceptors (Lipinski definition) is 5. The molecule has 7 nitrogen and oxygen atoms in total. The third-order valence-electron chi connectivity index (χ3n) is 4.20. The predicted octanol–water partition coefficient (Wildman–Crippen LogP) is 3.86. The Kier molecular flexibility index (Phi) is 7.02. The molecule has 0 aliphatic heterocycles. The number of rotatable bonds is 7. The summed E-state index contributed by atoms with van der Waals surface area (Å²) in [6.45, 7) is 8.08. The van der Waals surface area contributed by atoms with Crippen molar-refractivity contribution in [1.29, 1.82) is 0 Å². The Hall–Kier alpha value is -3.13. The van der Waals surface area contributed by atoms with Gasteiger partial charge >= 0.3 is 0 Å². The van der Waals surface area contributed by atoms with E-state index in [9.17, 15) is 4.79 Å². The fourth-order valence-corrected chi connectivity index (χ4v) is 3.45. The van der Waals surface area contributed by atoms with Crippen LogP contribution in [0.25, 0.3) is 0 Å². The Morgan fingerprint density at radius 2 is 1.97 bits per heavy atom. The fraction of sp³-hybridized carbons (Fsp3) is 0.286. The zero-order valence-corrected chi connectivity index (χ0v) is 17.6. The van der Waals surface area contributed by atoms with Gasteiger partial charge in [-0.1, -0.05) is 12.1 Å². The first kappa shape index (κ1) is 20.6. The highest BCUT2D eigenvalue weighted by atomic mass is 32.1. The van der Waals surface area contributed by atoms with Gasteiger partial charge in [-0.05, 0) is 50.6 Å². The summed E-state index contributed by atoms with van der Waals surface area (Å²) >= 11 is 1.70. The standard InChI is InChI=1S/C21H25N5O2S/c1-4-22-21(24-13-19-25-14(2)15(3)29-19)23-12-16-7-9-17(10-8-16)26-20(27)18-6-5-11-28-18/h5-11H,4,12-13H2,1-3H3,(H,26,27)(H2,22,23,24). The number of carbonyl (C=O) groups excluding carboxylic acids is 1. The van der Waals surface area contributed by atoms with Crippen LogP contribution in [0.15, 0.2) is 52.1 Å². The number of nitrogens with zero attached hydrogens (tertiary/aromatic N) is 2. The monoisotopic (exact) mass is 411 g/mol. The van der Waals surface area contributed by atoms with E-state index in [1.54, 1.807) is 23.5 Å². The third kappa shape index (κ3) is 5.92. The number of aryl methyl sites for hydroxylation is 2. The first-order valence-corrected chi connectivity index (χ1v) is 10.3. The van der Waals surface area contributed by atoms with Gasteiger partial charge in [0, 0.05) is 17.1 Å². The summed E-state index contributed by atoms with van der Waals surface area (Å²) in [4.78, 5) is 22.4. The van der Waals surface area contributed by atoms with E-state index in [2.05, 4.69) is 32.9 Å². The SMILES string of the molecule is CCNC(=NCc1ccc(NC(=O)c2ccco2)cc1)NCc1nc(C)c(C)s1. The van der Waals surface area contributed by atoms with Gasteiger partial charge in [0.1, 0.15) is 5.01 Å². The van der Waals surface area contributed by atoms with Gasteiger partial charge in [0.25, 0.3) is 5.91 Å². The van der Waals surface area contributed by atoms with Crippen LogP contribution in [-0.2, 0) is 13.1 Å². The third-order valence-corrected chi connectivity index (χ3v) is 5.27. The molecule has 2 aromatic heterocycles.